The van der Waals surface area contributed by atoms with Crippen LogP contribution in [0.15, 0.2) is 12.3 Å². The van der Waals surface area contributed by atoms with Crippen molar-refractivity contribution in [2.24, 2.45) is 7.05 Å². The highest BCUT2D eigenvalue weighted by atomic mass is 16.2. The molecular formula is C16H22N6O. The predicted octanol–water partition coefficient (Wildman–Crippen LogP) is 1.45. The molecule has 4 rings (SSSR count). The Morgan fingerprint density at radius 1 is 1.39 bits per heavy atom. The molecule has 2 aliphatic rings. The molecule has 122 valence electrons. The van der Waals surface area contributed by atoms with Gasteiger partial charge in [-0.2, -0.15) is 10.2 Å². The number of aromatic amines is 1. The number of hydrogen-bond acceptors (Lipinski definition) is 4. The molecule has 0 aromatic carbocycles. The van der Waals surface area contributed by atoms with Crippen LogP contribution < -0.4 is 10.6 Å². The summed E-state index contributed by atoms with van der Waals surface area (Å²) in [5.41, 5.74) is 3.40. The van der Waals surface area contributed by atoms with Gasteiger partial charge in [-0.1, -0.05) is 12.8 Å². The Hall–Kier alpha value is -2.15. The summed E-state index contributed by atoms with van der Waals surface area (Å²) >= 11 is 0. The average molecular weight is 314 g/mol. The monoisotopic (exact) mass is 314 g/mol. The first kappa shape index (κ1) is 14.4. The van der Waals surface area contributed by atoms with Crippen molar-refractivity contribution in [2.75, 3.05) is 5.32 Å². The fourth-order valence-electron chi connectivity index (χ4n) is 3.73. The third-order valence-corrected chi connectivity index (χ3v) is 5.01. The smallest absolute Gasteiger partial charge is 0.243 e. The lowest BCUT2D eigenvalue weighted by molar-refractivity contribution is -0.118. The molecular weight excluding hydrogens is 292 g/mol. The maximum Gasteiger partial charge on any atom is 0.243 e. The standard InChI is InChI=1S/C16H22N6O/c1-22-14(10-4-2-3-5-10)7-15(21-22)19-16(23)12-6-11-8-18-20-13(11)9-17-12/h7-8,10,12,17H,2-6,9H2,1H3,(H,18,20)(H,19,21,23). The van der Waals surface area contributed by atoms with Crippen LogP contribution in [-0.2, 0) is 24.8 Å². The van der Waals surface area contributed by atoms with E-state index in [1.165, 1.54) is 31.4 Å². The molecule has 1 unspecified atom stereocenters. The maximum absolute atomic E-state index is 12.5. The molecule has 1 amide bonds. The summed E-state index contributed by atoms with van der Waals surface area (Å²) in [6, 6.07) is 1.79. The quantitative estimate of drug-likeness (QED) is 0.800. The highest BCUT2D eigenvalue weighted by molar-refractivity contribution is 5.94. The molecule has 7 nitrogen and oxygen atoms in total. The summed E-state index contributed by atoms with van der Waals surface area (Å²) in [5, 5.41) is 17.6. The summed E-state index contributed by atoms with van der Waals surface area (Å²) in [4.78, 5) is 12.5. The molecule has 0 bridgehead atoms. The van der Waals surface area contributed by atoms with E-state index >= 15 is 0 Å². The van der Waals surface area contributed by atoms with Gasteiger partial charge in [-0.25, -0.2) is 0 Å². The Morgan fingerprint density at radius 3 is 3.04 bits per heavy atom. The number of nitrogens with one attached hydrogen (secondary N) is 3. The van der Waals surface area contributed by atoms with Crippen LogP contribution >= 0.6 is 0 Å². The number of H-pyrrole nitrogens is 1. The molecule has 2 aromatic heterocycles. The lowest BCUT2D eigenvalue weighted by Crippen LogP contribution is -2.44. The van der Waals surface area contributed by atoms with Gasteiger partial charge in [0.05, 0.1) is 17.9 Å². The minimum absolute atomic E-state index is 0.0343. The van der Waals surface area contributed by atoms with Crippen molar-refractivity contribution < 1.29 is 4.79 Å². The largest absolute Gasteiger partial charge is 0.308 e. The average Bonchev–Trinajstić information content (AvgIpc) is 3.26. The number of anilines is 1. The Bertz CT molecular complexity index is 712. The second-order valence-electron chi connectivity index (χ2n) is 6.56. The maximum atomic E-state index is 12.5. The summed E-state index contributed by atoms with van der Waals surface area (Å²) in [6.45, 7) is 0.642. The summed E-state index contributed by atoms with van der Waals surface area (Å²) < 4.78 is 1.91. The van der Waals surface area contributed by atoms with Gasteiger partial charge in [0.1, 0.15) is 0 Å². The molecule has 1 aliphatic carbocycles. The zero-order valence-corrected chi connectivity index (χ0v) is 13.3. The molecule has 0 radical (unpaired) electrons. The van der Waals surface area contributed by atoms with Crippen molar-refractivity contribution >= 4 is 11.7 Å². The number of aryl methyl sites for hydroxylation is 1. The van der Waals surface area contributed by atoms with Crippen LogP contribution in [0.5, 0.6) is 0 Å². The van der Waals surface area contributed by atoms with Gasteiger partial charge in [-0.05, 0) is 18.4 Å². The molecule has 3 N–H and O–H groups in total. The molecule has 1 saturated carbocycles. The van der Waals surface area contributed by atoms with Gasteiger partial charge in [0.25, 0.3) is 0 Å². The van der Waals surface area contributed by atoms with Crippen molar-refractivity contribution in [1.29, 1.82) is 0 Å². The summed E-state index contributed by atoms with van der Waals surface area (Å²) in [6.07, 6.45) is 7.48. The zero-order chi connectivity index (χ0) is 15.8. The molecule has 1 atom stereocenters. The van der Waals surface area contributed by atoms with E-state index in [4.69, 9.17) is 0 Å². The number of hydrogen-bond donors (Lipinski definition) is 3. The van der Waals surface area contributed by atoms with Crippen molar-refractivity contribution in [3.8, 4) is 0 Å². The summed E-state index contributed by atoms with van der Waals surface area (Å²) in [5.74, 6) is 1.20. The van der Waals surface area contributed by atoms with Gasteiger partial charge in [-0.15, -0.1) is 0 Å². The number of fused-ring (bicyclic) bond motifs is 1. The SMILES string of the molecule is Cn1nc(NC(=O)C2Cc3cn[nH]c3CN2)cc1C1CCCC1. The lowest BCUT2D eigenvalue weighted by atomic mass is 10.0. The van der Waals surface area contributed by atoms with E-state index in [-0.39, 0.29) is 11.9 Å². The molecule has 0 spiro atoms. The topological polar surface area (TPSA) is 87.6 Å². The third kappa shape index (κ3) is 2.76. The highest BCUT2D eigenvalue weighted by Crippen LogP contribution is 2.34. The molecule has 3 heterocycles. The van der Waals surface area contributed by atoms with Gasteiger partial charge in [0, 0.05) is 37.7 Å². The fraction of sp³-hybridized carbons (Fsp3) is 0.562. The first-order valence-electron chi connectivity index (χ1n) is 8.30. The van der Waals surface area contributed by atoms with E-state index in [0.29, 0.717) is 24.7 Å². The Balaban J connectivity index is 1.44. The van der Waals surface area contributed by atoms with E-state index in [2.05, 4.69) is 25.9 Å². The Morgan fingerprint density at radius 2 is 2.22 bits per heavy atom. The van der Waals surface area contributed by atoms with Crippen LogP contribution in [0.3, 0.4) is 0 Å². The number of aromatic nitrogens is 4. The fourth-order valence-corrected chi connectivity index (χ4v) is 3.73. The number of nitrogens with zero attached hydrogens (tertiary/aromatic N) is 3. The van der Waals surface area contributed by atoms with Crippen LogP contribution in [0.1, 0.15) is 48.6 Å². The number of amides is 1. The molecule has 2 aromatic rings. The molecule has 1 fully saturated rings. The molecule has 7 heteroatoms. The Labute approximate surface area is 134 Å². The zero-order valence-electron chi connectivity index (χ0n) is 13.3. The normalized spacial score (nSPS) is 21.3. The van der Waals surface area contributed by atoms with Crippen molar-refractivity contribution in [3.05, 3.63) is 29.2 Å². The molecule has 23 heavy (non-hydrogen) atoms. The van der Waals surface area contributed by atoms with Gasteiger partial charge < -0.3 is 5.32 Å². The van der Waals surface area contributed by atoms with Crippen LogP contribution in [0.25, 0.3) is 0 Å². The number of rotatable bonds is 3. The lowest BCUT2D eigenvalue weighted by Gasteiger charge is -2.22. The van der Waals surface area contributed by atoms with E-state index < -0.39 is 0 Å². The van der Waals surface area contributed by atoms with Crippen LogP contribution in [0.4, 0.5) is 5.82 Å². The van der Waals surface area contributed by atoms with Gasteiger partial charge in [0.2, 0.25) is 5.91 Å². The second kappa shape index (κ2) is 5.81. The number of carbonyl (C=O) groups excluding carboxylic acids is 1. The van der Waals surface area contributed by atoms with Crippen LogP contribution in [0, 0.1) is 0 Å². The van der Waals surface area contributed by atoms with Crippen LogP contribution in [-0.4, -0.2) is 31.9 Å². The van der Waals surface area contributed by atoms with Gasteiger partial charge in [-0.3, -0.25) is 19.9 Å². The van der Waals surface area contributed by atoms with E-state index in [1.54, 1.807) is 6.20 Å². The van der Waals surface area contributed by atoms with E-state index in [1.807, 2.05) is 17.8 Å². The summed E-state index contributed by atoms with van der Waals surface area (Å²) in [7, 11) is 1.96. The molecule has 0 saturated heterocycles. The third-order valence-electron chi connectivity index (χ3n) is 5.01. The first-order valence-corrected chi connectivity index (χ1v) is 8.30. The highest BCUT2D eigenvalue weighted by Gasteiger charge is 2.27. The second-order valence-corrected chi connectivity index (χ2v) is 6.56. The van der Waals surface area contributed by atoms with Gasteiger partial charge in [0.15, 0.2) is 5.82 Å². The Kier molecular flexibility index (Phi) is 3.65. The van der Waals surface area contributed by atoms with E-state index in [0.717, 1.165) is 11.3 Å². The van der Waals surface area contributed by atoms with Crippen molar-refractivity contribution in [3.63, 3.8) is 0 Å². The predicted molar refractivity (Wildman–Crippen MR) is 86.0 cm³/mol. The van der Waals surface area contributed by atoms with Gasteiger partial charge >= 0.3 is 0 Å². The number of carbonyl (C=O) groups is 1. The van der Waals surface area contributed by atoms with Crippen molar-refractivity contribution in [2.45, 2.75) is 50.6 Å². The minimum atomic E-state index is -0.239. The van der Waals surface area contributed by atoms with E-state index in [9.17, 15) is 4.79 Å². The van der Waals surface area contributed by atoms with Crippen LogP contribution in [0.2, 0.25) is 0 Å². The minimum Gasteiger partial charge on any atom is -0.308 e. The van der Waals surface area contributed by atoms with Crippen molar-refractivity contribution in [1.82, 2.24) is 25.3 Å². The first-order chi connectivity index (χ1) is 11.2. The molecule has 1 aliphatic heterocycles.